The second kappa shape index (κ2) is 4.13. The monoisotopic (exact) mass is 232 g/mol. The first-order valence-electron chi connectivity index (χ1n) is 5.98. The Morgan fingerprint density at radius 1 is 1.35 bits per heavy atom. The Bertz CT molecular complexity index is 459. The highest BCUT2D eigenvalue weighted by Crippen LogP contribution is 2.22. The number of likely N-dealkylation sites (tertiary alicyclic amines) is 1. The van der Waals surface area contributed by atoms with E-state index in [0.29, 0.717) is 19.8 Å². The van der Waals surface area contributed by atoms with E-state index in [4.69, 9.17) is 10.5 Å². The highest BCUT2D eigenvalue weighted by molar-refractivity contribution is 5.94. The zero-order valence-electron chi connectivity index (χ0n) is 9.69. The molecule has 1 atom stereocenters. The van der Waals surface area contributed by atoms with Gasteiger partial charge in [0.2, 0.25) is 0 Å². The van der Waals surface area contributed by atoms with Crippen LogP contribution in [0.1, 0.15) is 27.9 Å². The van der Waals surface area contributed by atoms with E-state index in [0.717, 1.165) is 24.1 Å². The lowest BCUT2D eigenvalue weighted by molar-refractivity contribution is 0.0790. The summed E-state index contributed by atoms with van der Waals surface area (Å²) in [5, 5.41) is 0. The number of amides is 1. The summed E-state index contributed by atoms with van der Waals surface area (Å²) >= 11 is 0. The van der Waals surface area contributed by atoms with E-state index in [2.05, 4.69) is 0 Å². The van der Waals surface area contributed by atoms with Gasteiger partial charge in [0.15, 0.2) is 0 Å². The van der Waals surface area contributed by atoms with Gasteiger partial charge in [0.25, 0.3) is 5.91 Å². The normalized spacial score (nSPS) is 22.9. The molecule has 0 saturated carbocycles. The topological polar surface area (TPSA) is 55.6 Å². The third-order valence-corrected chi connectivity index (χ3v) is 3.48. The van der Waals surface area contributed by atoms with Gasteiger partial charge in [0.1, 0.15) is 0 Å². The van der Waals surface area contributed by atoms with E-state index in [1.54, 1.807) is 0 Å². The molecule has 1 aromatic rings. The summed E-state index contributed by atoms with van der Waals surface area (Å²) in [5.41, 5.74) is 8.90. The molecule has 2 N–H and O–H groups in total. The number of benzene rings is 1. The maximum Gasteiger partial charge on any atom is 0.253 e. The Kier molecular flexibility index (Phi) is 2.61. The second-order valence-corrected chi connectivity index (χ2v) is 4.78. The maximum absolute atomic E-state index is 12.2. The quantitative estimate of drug-likeness (QED) is 0.782. The predicted octanol–water partition coefficient (Wildman–Crippen LogP) is 0.890. The van der Waals surface area contributed by atoms with Gasteiger partial charge in [-0.25, -0.2) is 0 Å². The van der Waals surface area contributed by atoms with Crippen LogP contribution in [0.25, 0.3) is 0 Å². The fourth-order valence-electron chi connectivity index (χ4n) is 2.46. The van der Waals surface area contributed by atoms with Crippen molar-refractivity contribution in [2.45, 2.75) is 25.7 Å². The molecule has 90 valence electrons. The van der Waals surface area contributed by atoms with E-state index in [1.807, 2.05) is 23.1 Å². The summed E-state index contributed by atoms with van der Waals surface area (Å²) in [6.07, 6.45) is 0.903. The van der Waals surface area contributed by atoms with Gasteiger partial charge in [-0.3, -0.25) is 4.79 Å². The summed E-state index contributed by atoms with van der Waals surface area (Å²) in [7, 11) is 0. The molecule has 1 aromatic carbocycles. The number of carbonyl (C=O) groups excluding carboxylic acids is 1. The Morgan fingerprint density at radius 2 is 2.18 bits per heavy atom. The highest BCUT2D eigenvalue weighted by Gasteiger charge is 2.25. The van der Waals surface area contributed by atoms with Crippen LogP contribution in [0.2, 0.25) is 0 Å². The molecule has 0 aliphatic carbocycles. The molecule has 3 rings (SSSR count). The minimum atomic E-state index is 0.0904. The Morgan fingerprint density at radius 3 is 2.94 bits per heavy atom. The molecule has 0 unspecified atom stereocenters. The molecule has 0 radical (unpaired) electrons. The number of fused-ring (bicyclic) bond motifs is 1. The van der Waals surface area contributed by atoms with E-state index in [1.165, 1.54) is 5.56 Å². The highest BCUT2D eigenvalue weighted by atomic mass is 16.5. The molecule has 1 saturated heterocycles. The lowest BCUT2D eigenvalue weighted by Gasteiger charge is -2.16. The SMILES string of the molecule is N[C@@H]1CCN(C(=O)c2ccc3c(c2)COC3)C1. The minimum absolute atomic E-state index is 0.0904. The largest absolute Gasteiger partial charge is 0.372 e. The van der Waals surface area contributed by atoms with Crippen LogP contribution in [-0.2, 0) is 18.0 Å². The first-order valence-corrected chi connectivity index (χ1v) is 5.98. The molecule has 4 heteroatoms. The van der Waals surface area contributed by atoms with Crippen molar-refractivity contribution < 1.29 is 9.53 Å². The van der Waals surface area contributed by atoms with Crippen LogP contribution in [0.4, 0.5) is 0 Å². The van der Waals surface area contributed by atoms with Gasteiger partial charge in [-0.05, 0) is 29.7 Å². The molecule has 2 aliphatic heterocycles. The Hall–Kier alpha value is -1.39. The predicted molar refractivity (Wildman–Crippen MR) is 63.4 cm³/mol. The van der Waals surface area contributed by atoms with Crippen molar-refractivity contribution >= 4 is 5.91 Å². The van der Waals surface area contributed by atoms with Crippen molar-refractivity contribution in [1.82, 2.24) is 4.90 Å². The summed E-state index contributed by atoms with van der Waals surface area (Å²) in [6.45, 7) is 2.73. The van der Waals surface area contributed by atoms with Crippen molar-refractivity contribution in [3.8, 4) is 0 Å². The van der Waals surface area contributed by atoms with Gasteiger partial charge in [-0.2, -0.15) is 0 Å². The number of carbonyl (C=O) groups is 1. The lowest BCUT2D eigenvalue weighted by Crippen LogP contribution is -2.31. The minimum Gasteiger partial charge on any atom is -0.372 e. The van der Waals surface area contributed by atoms with Crippen molar-refractivity contribution in [3.05, 3.63) is 34.9 Å². The van der Waals surface area contributed by atoms with Gasteiger partial charge in [0.05, 0.1) is 13.2 Å². The number of rotatable bonds is 1. The first kappa shape index (κ1) is 10.7. The molecule has 4 nitrogen and oxygen atoms in total. The first-order chi connectivity index (χ1) is 8.24. The summed E-state index contributed by atoms with van der Waals surface area (Å²) in [6, 6.07) is 5.97. The fraction of sp³-hybridized carbons (Fsp3) is 0.462. The average molecular weight is 232 g/mol. The maximum atomic E-state index is 12.2. The van der Waals surface area contributed by atoms with Crippen LogP contribution in [0.3, 0.4) is 0 Å². The molecule has 0 spiro atoms. The molecule has 1 fully saturated rings. The van der Waals surface area contributed by atoms with Crippen LogP contribution in [-0.4, -0.2) is 29.9 Å². The summed E-state index contributed by atoms with van der Waals surface area (Å²) in [5.74, 6) is 0.0904. The molecule has 2 heterocycles. The Labute approximate surface area is 100 Å². The van der Waals surface area contributed by atoms with Gasteiger partial charge < -0.3 is 15.4 Å². The standard InChI is InChI=1S/C13H16N2O2/c14-12-3-4-15(6-12)13(16)9-1-2-10-7-17-8-11(10)5-9/h1-2,5,12H,3-4,6-8,14H2/t12-/m1/s1. The number of hydrogen-bond donors (Lipinski definition) is 1. The van der Waals surface area contributed by atoms with Crippen molar-refractivity contribution in [2.75, 3.05) is 13.1 Å². The van der Waals surface area contributed by atoms with E-state index in [-0.39, 0.29) is 11.9 Å². The number of hydrogen-bond acceptors (Lipinski definition) is 3. The van der Waals surface area contributed by atoms with Crippen LogP contribution in [0.15, 0.2) is 18.2 Å². The van der Waals surface area contributed by atoms with Crippen LogP contribution >= 0.6 is 0 Å². The third-order valence-electron chi connectivity index (χ3n) is 3.48. The van der Waals surface area contributed by atoms with Gasteiger partial charge in [0, 0.05) is 24.7 Å². The van der Waals surface area contributed by atoms with E-state index >= 15 is 0 Å². The van der Waals surface area contributed by atoms with E-state index in [9.17, 15) is 4.79 Å². The number of nitrogens with two attached hydrogens (primary N) is 1. The fourth-order valence-corrected chi connectivity index (χ4v) is 2.46. The molecular weight excluding hydrogens is 216 g/mol. The summed E-state index contributed by atoms with van der Waals surface area (Å²) in [4.78, 5) is 14.1. The Balaban J connectivity index is 1.82. The molecular formula is C13H16N2O2. The van der Waals surface area contributed by atoms with Gasteiger partial charge in [-0.1, -0.05) is 6.07 Å². The van der Waals surface area contributed by atoms with Gasteiger partial charge >= 0.3 is 0 Å². The number of ether oxygens (including phenoxy) is 1. The molecule has 0 aromatic heterocycles. The second-order valence-electron chi connectivity index (χ2n) is 4.78. The average Bonchev–Trinajstić information content (AvgIpc) is 2.95. The summed E-state index contributed by atoms with van der Waals surface area (Å²) < 4.78 is 5.35. The number of nitrogens with zero attached hydrogens (tertiary/aromatic N) is 1. The zero-order valence-corrected chi connectivity index (χ0v) is 9.69. The third kappa shape index (κ3) is 1.94. The molecule has 0 bridgehead atoms. The van der Waals surface area contributed by atoms with Crippen LogP contribution in [0, 0.1) is 0 Å². The van der Waals surface area contributed by atoms with Crippen LogP contribution < -0.4 is 5.73 Å². The van der Waals surface area contributed by atoms with E-state index < -0.39 is 0 Å². The molecule has 17 heavy (non-hydrogen) atoms. The van der Waals surface area contributed by atoms with Crippen molar-refractivity contribution in [2.24, 2.45) is 5.73 Å². The van der Waals surface area contributed by atoms with Crippen molar-refractivity contribution in [3.63, 3.8) is 0 Å². The molecule has 1 amide bonds. The van der Waals surface area contributed by atoms with Gasteiger partial charge in [-0.15, -0.1) is 0 Å². The lowest BCUT2D eigenvalue weighted by atomic mass is 10.1. The zero-order chi connectivity index (χ0) is 11.8. The smallest absolute Gasteiger partial charge is 0.253 e. The van der Waals surface area contributed by atoms with Crippen LogP contribution in [0.5, 0.6) is 0 Å². The van der Waals surface area contributed by atoms with Crippen molar-refractivity contribution in [1.29, 1.82) is 0 Å². The molecule has 2 aliphatic rings.